The molecule has 0 spiro atoms. The number of hydrogen-bond donors (Lipinski definition) is 0. The predicted molar refractivity (Wildman–Crippen MR) is 120 cm³/mol. The van der Waals surface area contributed by atoms with E-state index in [0.717, 1.165) is 23.5 Å². The Labute approximate surface area is 199 Å². The molecule has 1 aliphatic rings. The fourth-order valence-corrected chi connectivity index (χ4v) is 4.76. The molecule has 1 aromatic carbocycles. The Morgan fingerprint density at radius 1 is 1.18 bits per heavy atom. The van der Waals surface area contributed by atoms with Crippen molar-refractivity contribution in [1.82, 2.24) is 14.8 Å². The highest BCUT2D eigenvalue weighted by Gasteiger charge is 2.31. The Kier molecular flexibility index (Phi) is 7.96. The standard InChI is InChI=1S/C23H26F3N3O4S/c1-4-33-22(32)16-9-11-29(12-10-16)18(30)13-28(3)21(31)19-14(2)27-20(34-19)15-5-7-17(8-6-15)23(24,25)26/h5-8,16H,4,9-13H2,1-3H3. The van der Waals surface area contributed by atoms with Crippen LogP contribution >= 0.6 is 11.3 Å². The summed E-state index contributed by atoms with van der Waals surface area (Å²) in [6.45, 7) is 4.43. The van der Waals surface area contributed by atoms with Crippen LogP contribution in [0.1, 0.15) is 40.7 Å². The van der Waals surface area contributed by atoms with Gasteiger partial charge in [0.1, 0.15) is 9.88 Å². The molecule has 2 amide bonds. The maximum Gasteiger partial charge on any atom is 0.416 e. The van der Waals surface area contributed by atoms with Gasteiger partial charge in [-0.25, -0.2) is 4.98 Å². The number of piperidine rings is 1. The third-order valence-corrected chi connectivity index (χ3v) is 6.83. The average molecular weight is 498 g/mol. The molecule has 0 radical (unpaired) electrons. The van der Waals surface area contributed by atoms with Gasteiger partial charge in [0.2, 0.25) is 5.91 Å². The summed E-state index contributed by atoms with van der Waals surface area (Å²) in [5.41, 5.74) is 0.160. The third kappa shape index (κ3) is 5.94. The number of nitrogens with zero attached hydrogens (tertiary/aromatic N) is 3. The number of benzene rings is 1. The molecule has 3 rings (SSSR count). The molecule has 11 heteroatoms. The van der Waals surface area contributed by atoms with E-state index >= 15 is 0 Å². The smallest absolute Gasteiger partial charge is 0.416 e. The molecule has 2 heterocycles. The summed E-state index contributed by atoms with van der Waals surface area (Å²) in [7, 11) is 1.52. The number of esters is 1. The number of carbonyl (C=O) groups excluding carboxylic acids is 3. The van der Waals surface area contributed by atoms with E-state index in [1.165, 1.54) is 24.1 Å². The highest BCUT2D eigenvalue weighted by molar-refractivity contribution is 7.17. The number of likely N-dealkylation sites (N-methyl/N-ethyl adjacent to an activating group) is 1. The van der Waals surface area contributed by atoms with Gasteiger partial charge in [0, 0.05) is 25.7 Å². The Morgan fingerprint density at radius 3 is 2.35 bits per heavy atom. The Balaban J connectivity index is 1.61. The van der Waals surface area contributed by atoms with E-state index < -0.39 is 11.7 Å². The predicted octanol–water partition coefficient (Wildman–Crippen LogP) is 4.01. The summed E-state index contributed by atoms with van der Waals surface area (Å²) in [5.74, 6) is -1.07. The van der Waals surface area contributed by atoms with Crippen LogP contribution in [-0.2, 0) is 20.5 Å². The molecule has 0 saturated carbocycles. The van der Waals surface area contributed by atoms with Crippen molar-refractivity contribution in [1.29, 1.82) is 0 Å². The number of likely N-dealkylation sites (tertiary alicyclic amines) is 1. The molecule has 1 saturated heterocycles. The van der Waals surface area contributed by atoms with Gasteiger partial charge in [-0.2, -0.15) is 13.2 Å². The van der Waals surface area contributed by atoms with Crippen molar-refractivity contribution in [2.45, 2.75) is 32.9 Å². The molecule has 0 unspecified atom stereocenters. The second-order valence-corrected chi connectivity index (χ2v) is 9.08. The highest BCUT2D eigenvalue weighted by Crippen LogP contribution is 2.33. The van der Waals surface area contributed by atoms with Crippen molar-refractivity contribution in [2.24, 2.45) is 5.92 Å². The number of hydrogen-bond acceptors (Lipinski definition) is 6. The first kappa shape index (κ1) is 25.7. The quantitative estimate of drug-likeness (QED) is 0.564. The van der Waals surface area contributed by atoms with Gasteiger partial charge in [-0.15, -0.1) is 11.3 Å². The summed E-state index contributed by atoms with van der Waals surface area (Å²) in [6, 6.07) is 4.60. The first-order chi connectivity index (χ1) is 16.0. The van der Waals surface area contributed by atoms with E-state index in [2.05, 4.69) is 4.98 Å². The van der Waals surface area contributed by atoms with Crippen LogP contribution in [0.4, 0.5) is 13.2 Å². The largest absolute Gasteiger partial charge is 0.466 e. The van der Waals surface area contributed by atoms with Crippen molar-refractivity contribution in [2.75, 3.05) is 33.3 Å². The summed E-state index contributed by atoms with van der Waals surface area (Å²) in [5, 5.41) is 0.426. The lowest BCUT2D eigenvalue weighted by atomic mass is 9.97. The van der Waals surface area contributed by atoms with Gasteiger partial charge in [0.15, 0.2) is 0 Å². The molecule has 0 atom stereocenters. The van der Waals surface area contributed by atoms with Crippen LogP contribution in [0.25, 0.3) is 10.6 Å². The zero-order chi connectivity index (χ0) is 25.0. The first-order valence-corrected chi connectivity index (χ1v) is 11.7. The Bertz CT molecular complexity index is 1040. The number of rotatable bonds is 6. The molecule has 34 heavy (non-hydrogen) atoms. The fourth-order valence-electron chi connectivity index (χ4n) is 3.69. The molecular weight excluding hydrogens is 471 g/mol. The molecule has 2 aromatic rings. The minimum absolute atomic E-state index is 0.129. The van der Waals surface area contributed by atoms with Crippen LogP contribution in [0, 0.1) is 12.8 Å². The number of thiazole rings is 1. The van der Waals surface area contributed by atoms with Gasteiger partial charge in [-0.1, -0.05) is 12.1 Å². The van der Waals surface area contributed by atoms with Gasteiger partial charge >= 0.3 is 12.1 Å². The van der Waals surface area contributed by atoms with Crippen LogP contribution in [0.2, 0.25) is 0 Å². The molecule has 0 bridgehead atoms. The maximum atomic E-state index is 12.9. The van der Waals surface area contributed by atoms with Crippen molar-refractivity contribution in [3.05, 3.63) is 40.4 Å². The Hall–Kier alpha value is -2.95. The van der Waals surface area contributed by atoms with E-state index in [1.54, 1.807) is 18.7 Å². The zero-order valence-electron chi connectivity index (χ0n) is 19.1. The second-order valence-electron chi connectivity index (χ2n) is 8.08. The molecule has 7 nitrogen and oxygen atoms in total. The van der Waals surface area contributed by atoms with Crippen molar-refractivity contribution in [3.8, 4) is 10.6 Å². The van der Waals surface area contributed by atoms with Crippen LogP contribution in [0.5, 0.6) is 0 Å². The van der Waals surface area contributed by atoms with Gasteiger partial charge < -0.3 is 14.5 Å². The lowest BCUT2D eigenvalue weighted by molar-refractivity contribution is -0.151. The molecule has 1 fully saturated rings. The number of carbonyl (C=O) groups is 3. The average Bonchev–Trinajstić information content (AvgIpc) is 3.19. The number of amides is 2. The normalized spacial score (nSPS) is 14.7. The maximum absolute atomic E-state index is 12.9. The SMILES string of the molecule is CCOC(=O)C1CCN(C(=O)CN(C)C(=O)c2sc(-c3ccc(C(F)(F)F)cc3)nc2C)CC1. The van der Waals surface area contributed by atoms with Crippen LogP contribution in [0.3, 0.4) is 0 Å². The van der Waals surface area contributed by atoms with Gasteiger partial charge in [0.25, 0.3) is 5.91 Å². The number of aryl methyl sites for hydroxylation is 1. The van der Waals surface area contributed by atoms with E-state index in [1.807, 2.05) is 0 Å². The molecular formula is C23H26F3N3O4S. The van der Waals surface area contributed by atoms with Gasteiger partial charge in [-0.05, 0) is 38.8 Å². The van der Waals surface area contributed by atoms with E-state index in [-0.39, 0.29) is 30.2 Å². The molecule has 1 aliphatic heterocycles. The second kappa shape index (κ2) is 10.5. The van der Waals surface area contributed by atoms with Gasteiger partial charge in [0.05, 0.1) is 30.3 Å². The van der Waals surface area contributed by atoms with Gasteiger partial charge in [-0.3, -0.25) is 14.4 Å². The highest BCUT2D eigenvalue weighted by atomic mass is 32.1. The van der Waals surface area contributed by atoms with E-state index in [4.69, 9.17) is 4.74 Å². The van der Waals surface area contributed by atoms with Crippen molar-refractivity contribution >= 4 is 29.1 Å². The number of halogens is 3. The minimum Gasteiger partial charge on any atom is -0.466 e. The van der Waals surface area contributed by atoms with Crippen LogP contribution in [-0.4, -0.2) is 65.9 Å². The summed E-state index contributed by atoms with van der Waals surface area (Å²) < 4.78 is 43.4. The van der Waals surface area contributed by atoms with Crippen LogP contribution in [0.15, 0.2) is 24.3 Å². The molecule has 0 N–H and O–H groups in total. The topological polar surface area (TPSA) is 79.8 Å². The minimum atomic E-state index is -4.43. The third-order valence-electron chi connectivity index (χ3n) is 5.64. The first-order valence-electron chi connectivity index (χ1n) is 10.9. The lowest BCUT2D eigenvalue weighted by Crippen LogP contribution is -2.45. The number of aromatic nitrogens is 1. The summed E-state index contributed by atoms with van der Waals surface area (Å²) in [4.78, 5) is 45.1. The van der Waals surface area contributed by atoms with E-state index in [9.17, 15) is 27.6 Å². The zero-order valence-corrected chi connectivity index (χ0v) is 20.0. The fraction of sp³-hybridized carbons (Fsp3) is 0.478. The molecule has 184 valence electrons. The summed E-state index contributed by atoms with van der Waals surface area (Å²) in [6.07, 6.45) is -3.39. The van der Waals surface area contributed by atoms with Crippen molar-refractivity contribution < 1.29 is 32.3 Å². The number of alkyl halides is 3. The number of ether oxygens (including phenoxy) is 1. The molecule has 1 aromatic heterocycles. The monoisotopic (exact) mass is 497 g/mol. The Morgan fingerprint density at radius 2 is 1.79 bits per heavy atom. The van der Waals surface area contributed by atoms with Crippen molar-refractivity contribution in [3.63, 3.8) is 0 Å². The summed E-state index contributed by atoms with van der Waals surface area (Å²) >= 11 is 1.07. The molecule has 0 aliphatic carbocycles. The van der Waals surface area contributed by atoms with Crippen LogP contribution < -0.4 is 0 Å². The van der Waals surface area contributed by atoms with E-state index in [0.29, 0.717) is 53.7 Å². The lowest BCUT2D eigenvalue weighted by Gasteiger charge is -2.32.